The number of hydrogen-bond acceptors (Lipinski definition) is 2. The molecule has 0 atom stereocenters. The number of fused-ring (bicyclic) bond motifs is 1. The third-order valence-corrected chi connectivity index (χ3v) is 4.31. The van der Waals surface area contributed by atoms with E-state index in [1.165, 1.54) is 5.56 Å². The Morgan fingerprint density at radius 3 is 2.25 bits per heavy atom. The maximum absolute atomic E-state index is 12.8. The van der Waals surface area contributed by atoms with Crippen molar-refractivity contribution < 1.29 is 9.59 Å². The molecule has 3 heteroatoms. The van der Waals surface area contributed by atoms with Gasteiger partial charge in [0.2, 0.25) is 11.7 Å². The van der Waals surface area contributed by atoms with Gasteiger partial charge in [-0.15, -0.1) is 0 Å². The standard InChI is InChI=1S/C21H21NO2/c1-3-7-18(23)22-20-19(15-12-10-14(4-2)11-13-15)16-8-5-6-9-17(16)21(20)24/h5-6,8-13H,3-4,7H2,1-2H3,(H,22,23,24). The molecule has 0 fully saturated rings. The van der Waals surface area contributed by atoms with Gasteiger partial charge in [-0.05, 0) is 29.5 Å². The van der Waals surface area contributed by atoms with Crippen LogP contribution in [0.25, 0.3) is 5.57 Å². The van der Waals surface area contributed by atoms with Gasteiger partial charge < -0.3 is 5.32 Å². The van der Waals surface area contributed by atoms with E-state index in [1.54, 1.807) is 0 Å². The fourth-order valence-corrected chi connectivity index (χ4v) is 3.04. The van der Waals surface area contributed by atoms with Crippen LogP contribution < -0.4 is 5.32 Å². The van der Waals surface area contributed by atoms with Crippen LogP contribution >= 0.6 is 0 Å². The first-order valence-corrected chi connectivity index (χ1v) is 8.43. The highest BCUT2D eigenvalue weighted by molar-refractivity contribution is 6.23. The van der Waals surface area contributed by atoms with Gasteiger partial charge in [0.05, 0.1) is 5.70 Å². The summed E-state index contributed by atoms with van der Waals surface area (Å²) >= 11 is 0. The summed E-state index contributed by atoms with van der Waals surface area (Å²) in [6.07, 6.45) is 2.13. The number of benzene rings is 2. The quantitative estimate of drug-likeness (QED) is 0.901. The van der Waals surface area contributed by atoms with Crippen LogP contribution in [0, 0.1) is 0 Å². The van der Waals surface area contributed by atoms with E-state index < -0.39 is 0 Å². The molecule has 0 saturated carbocycles. The van der Waals surface area contributed by atoms with E-state index in [0.717, 1.165) is 29.5 Å². The zero-order chi connectivity index (χ0) is 17.1. The van der Waals surface area contributed by atoms with Gasteiger partial charge in [-0.25, -0.2) is 0 Å². The zero-order valence-electron chi connectivity index (χ0n) is 14.1. The van der Waals surface area contributed by atoms with Gasteiger partial charge in [0.25, 0.3) is 0 Å². The van der Waals surface area contributed by atoms with Gasteiger partial charge in [-0.1, -0.05) is 62.4 Å². The molecule has 3 rings (SSSR count). The molecule has 0 aromatic heterocycles. The minimum absolute atomic E-state index is 0.107. The minimum atomic E-state index is -0.115. The molecule has 2 aromatic carbocycles. The highest BCUT2D eigenvalue weighted by Crippen LogP contribution is 2.36. The number of allylic oxidation sites excluding steroid dienone is 1. The van der Waals surface area contributed by atoms with Crippen molar-refractivity contribution >= 4 is 17.3 Å². The second kappa shape index (κ2) is 6.83. The molecule has 1 amide bonds. The first-order valence-electron chi connectivity index (χ1n) is 8.43. The molecule has 0 saturated heterocycles. The number of nitrogens with one attached hydrogen (secondary N) is 1. The number of carbonyl (C=O) groups is 2. The highest BCUT2D eigenvalue weighted by Gasteiger charge is 2.31. The van der Waals surface area contributed by atoms with Crippen molar-refractivity contribution in [1.82, 2.24) is 5.32 Å². The van der Waals surface area contributed by atoms with E-state index in [9.17, 15) is 9.59 Å². The van der Waals surface area contributed by atoms with Crippen molar-refractivity contribution in [1.29, 1.82) is 0 Å². The van der Waals surface area contributed by atoms with Crippen LogP contribution in [0.3, 0.4) is 0 Å². The molecule has 0 aliphatic heterocycles. The third kappa shape index (κ3) is 2.90. The van der Waals surface area contributed by atoms with E-state index in [1.807, 2.05) is 43.3 Å². The molecule has 0 unspecified atom stereocenters. The van der Waals surface area contributed by atoms with Crippen molar-refractivity contribution in [3.63, 3.8) is 0 Å². The molecule has 3 nitrogen and oxygen atoms in total. The van der Waals surface area contributed by atoms with Crippen molar-refractivity contribution in [3.05, 3.63) is 76.5 Å². The van der Waals surface area contributed by atoms with Gasteiger partial charge in [0, 0.05) is 17.6 Å². The van der Waals surface area contributed by atoms with Crippen LogP contribution in [0.4, 0.5) is 0 Å². The highest BCUT2D eigenvalue weighted by atomic mass is 16.2. The Hall–Kier alpha value is -2.68. The summed E-state index contributed by atoms with van der Waals surface area (Å²) < 4.78 is 0. The van der Waals surface area contributed by atoms with Gasteiger partial charge >= 0.3 is 0 Å². The average Bonchev–Trinajstić information content (AvgIpc) is 2.88. The first-order chi connectivity index (χ1) is 11.7. The van der Waals surface area contributed by atoms with E-state index >= 15 is 0 Å². The van der Waals surface area contributed by atoms with E-state index in [-0.39, 0.29) is 11.7 Å². The number of rotatable bonds is 5. The van der Waals surface area contributed by atoms with Crippen molar-refractivity contribution in [2.24, 2.45) is 0 Å². The van der Waals surface area contributed by atoms with Gasteiger partial charge in [-0.2, -0.15) is 0 Å². The number of ketones is 1. The van der Waals surface area contributed by atoms with E-state index in [2.05, 4.69) is 24.4 Å². The van der Waals surface area contributed by atoms with Crippen LogP contribution in [0.1, 0.15) is 53.7 Å². The second-order valence-electron chi connectivity index (χ2n) is 5.97. The van der Waals surface area contributed by atoms with Crippen molar-refractivity contribution in [2.75, 3.05) is 0 Å². The summed E-state index contributed by atoms with van der Waals surface area (Å²) in [6.45, 7) is 4.06. The third-order valence-electron chi connectivity index (χ3n) is 4.31. The predicted octanol–water partition coefficient (Wildman–Crippen LogP) is 4.12. The van der Waals surface area contributed by atoms with Crippen LogP contribution in [0.2, 0.25) is 0 Å². The molecule has 0 spiro atoms. The predicted molar refractivity (Wildman–Crippen MR) is 95.7 cm³/mol. The lowest BCUT2D eigenvalue weighted by molar-refractivity contribution is -0.120. The summed E-state index contributed by atoms with van der Waals surface area (Å²) in [5, 5.41) is 2.84. The largest absolute Gasteiger partial charge is 0.322 e. The SMILES string of the molecule is CCCC(=O)NC1=C(c2ccc(CC)cc2)c2ccccc2C1=O. The van der Waals surface area contributed by atoms with Gasteiger partial charge in [-0.3, -0.25) is 9.59 Å². The summed E-state index contributed by atoms with van der Waals surface area (Å²) in [6, 6.07) is 15.7. The Labute approximate surface area is 142 Å². The molecule has 0 bridgehead atoms. The Morgan fingerprint density at radius 2 is 1.62 bits per heavy atom. The average molecular weight is 319 g/mol. The molecular formula is C21H21NO2. The lowest BCUT2D eigenvalue weighted by atomic mass is 9.97. The summed E-state index contributed by atoms with van der Waals surface area (Å²) in [5.74, 6) is -0.221. The lowest BCUT2D eigenvalue weighted by Gasteiger charge is -2.10. The van der Waals surface area contributed by atoms with Crippen LogP contribution in [0.15, 0.2) is 54.2 Å². The number of aryl methyl sites for hydroxylation is 1. The Bertz CT molecular complexity index is 816. The van der Waals surface area contributed by atoms with Crippen LogP contribution in [0.5, 0.6) is 0 Å². The Balaban J connectivity index is 2.10. The van der Waals surface area contributed by atoms with Gasteiger partial charge in [0.15, 0.2) is 0 Å². The molecule has 1 N–H and O–H groups in total. The fraction of sp³-hybridized carbons (Fsp3) is 0.238. The normalized spacial score (nSPS) is 13.2. The second-order valence-corrected chi connectivity index (χ2v) is 5.97. The van der Waals surface area contributed by atoms with E-state index in [4.69, 9.17) is 0 Å². The minimum Gasteiger partial charge on any atom is -0.322 e. The smallest absolute Gasteiger partial charge is 0.224 e. The molecule has 122 valence electrons. The first kappa shape index (κ1) is 16.2. The van der Waals surface area contributed by atoms with Crippen LogP contribution in [-0.4, -0.2) is 11.7 Å². The molecular weight excluding hydrogens is 298 g/mol. The van der Waals surface area contributed by atoms with E-state index in [0.29, 0.717) is 17.7 Å². The maximum Gasteiger partial charge on any atom is 0.224 e. The molecule has 1 aliphatic rings. The lowest BCUT2D eigenvalue weighted by Crippen LogP contribution is -2.26. The summed E-state index contributed by atoms with van der Waals surface area (Å²) in [5.41, 5.74) is 4.96. The van der Waals surface area contributed by atoms with Crippen molar-refractivity contribution in [3.8, 4) is 0 Å². The number of Topliss-reactive ketones (excluding diaryl/α,β-unsaturated/α-hetero) is 1. The summed E-state index contributed by atoms with van der Waals surface area (Å²) in [7, 11) is 0. The molecule has 2 aromatic rings. The molecule has 0 radical (unpaired) electrons. The monoisotopic (exact) mass is 319 g/mol. The molecule has 24 heavy (non-hydrogen) atoms. The Kier molecular flexibility index (Phi) is 4.61. The Morgan fingerprint density at radius 1 is 0.958 bits per heavy atom. The van der Waals surface area contributed by atoms with Crippen LogP contribution in [-0.2, 0) is 11.2 Å². The zero-order valence-corrected chi connectivity index (χ0v) is 14.1. The molecule has 1 aliphatic carbocycles. The fourth-order valence-electron chi connectivity index (χ4n) is 3.04. The molecule has 0 heterocycles. The topological polar surface area (TPSA) is 46.2 Å². The number of amides is 1. The summed E-state index contributed by atoms with van der Waals surface area (Å²) in [4.78, 5) is 24.8. The maximum atomic E-state index is 12.8. The van der Waals surface area contributed by atoms with Crippen molar-refractivity contribution in [2.45, 2.75) is 33.1 Å². The van der Waals surface area contributed by atoms with Gasteiger partial charge in [0.1, 0.15) is 0 Å². The number of carbonyl (C=O) groups excluding carboxylic acids is 2. The number of hydrogen-bond donors (Lipinski definition) is 1.